The van der Waals surface area contributed by atoms with Crippen molar-refractivity contribution >= 4 is 0 Å². The minimum absolute atomic E-state index is 0.101. The van der Waals surface area contributed by atoms with Gasteiger partial charge in [-0.05, 0) is 50.3 Å². The molecule has 6 heteroatoms. The third kappa shape index (κ3) is 2.66. The number of fused-ring (bicyclic) bond motifs is 2. The van der Waals surface area contributed by atoms with Gasteiger partial charge in [0.1, 0.15) is 0 Å². The van der Waals surface area contributed by atoms with Crippen molar-refractivity contribution in [2.75, 3.05) is 7.05 Å². The number of piperidine rings is 1. The lowest BCUT2D eigenvalue weighted by Gasteiger charge is -2.39. The third-order valence-corrected chi connectivity index (χ3v) is 5.16. The number of rotatable bonds is 2. The molecule has 0 spiro atoms. The zero-order chi connectivity index (χ0) is 15.2. The Kier molecular flexibility index (Phi) is 3.69. The van der Waals surface area contributed by atoms with Crippen molar-refractivity contribution in [3.05, 3.63) is 29.6 Å². The molecule has 3 atom stereocenters. The lowest BCUT2D eigenvalue weighted by molar-refractivity contribution is -0.138. The molecule has 2 aliphatic heterocycles. The van der Waals surface area contributed by atoms with E-state index in [4.69, 9.17) is 5.73 Å². The fourth-order valence-corrected chi connectivity index (χ4v) is 3.93. The van der Waals surface area contributed by atoms with E-state index in [0.717, 1.165) is 31.7 Å². The Morgan fingerprint density at radius 2 is 1.90 bits per heavy atom. The summed E-state index contributed by atoms with van der Waals surface area (Å²) in [5.74, 6) is 0.101. The average Bonchev–Trinajstić information content (AvgIpc) is 2.66. The van der Waals surface area contributed by atoms with Gasteiger partial charge in [0, 0.05) is 30.5 Å². The van der Waals surface area contributed by atoms with Crippen LogP contribution in [0.2, 0.25) is 0 Å². The molecule has 0 saturated carbocycles. The van der Waals surface area contributed by atoms with Crippen LogP contribution in [0, 0.1) is 5.92 Å². The maximum absolute atomic E-state index is 13.1. The van der Waals surface area contributed by atoms with E-state index in [-0.39, 0.29) is 11.5 Å². The number of nitrogens with zero attached hydrogens (tertiary/aromatic N) is 2. The molecule has 0 aromatic carbocycles. The highest BCUT2D eigenvalue weighted by molar-refractivity contribution is 5.30. The van der Waals surface area contributed by atoms with Crippen molar-refractivity contribution in [3.63, 3.8) is 0 Å². The van der Waals surface area contributed by atoms with Crippen LogP contribution in [0.25, 0.3) is 0 Å². The smallest absolute Gasteiger partial charge is 0.324 e. The largest absolute Gasteiger partial charge is 0.416 e. The summed E-state index contributed by atoms with van der Waals surface area (Å²) in [6.45, 7) is 0. The summed E-state index contributed by atoms with van der Waals surface area (Å²) >= 11 is 0. The second kappa shape index (κ2) is 5.25. The number of halogens is 3. The Hall–Kier alpha value is -1.14. The fourth-order valence-electron chi connectivity index (χ4n) is 3.93. The molecule has 2 bridgehead atoms. The molecule has 21 heavy (non-hydrogen) atoms. The predicted molar refractivity (Wildman–Crippen MR) is 73.5 cm³/mol. The lowest BCUT2D eigenvalue weighted by Crippen LogP contribution is -2.43. The lowest BCUT2D eigenvalue weighted by atomic mass is 9.82. The highest BCUT2D eigenvalue weighted by Crippen LogP contribution is 2.43. The molecule has 2 aliphatic rings. The maximum Gasteiger partial charge on any atom is 0.416 e. The predicted octanol–water partition coefficient (Wildman–Crippen LogP) is 2.97. The van der Waals surface area contributed by atoms with E-state index >= 15 is 0 Å². The van der Waals surface area contributed by atoms with Gasteiger partial charge < -0.3 is 10.6 Å². The third-order valence-electron chi connectivity index (χ3n) is 5.16. The van der Waals surface area contributed by atoms with Gasteiger partial charge in [-0.1, -0.05) is 0 Å². The van der Waals surface area contributed by atoms with Gasteiger partial charge in [-0.2, -0.15) is 13.2 Å². The molecule has 2 saturated heterocycles. The van der Waals surface area contributed by atoms with E-state index in [1.807, 2.05) is 0 Å². The highest BCUT2D eigenvalue weighted by Gasteiger charge is 2.42. The van der Waals surface area contributed by atoms with Crippen molar-refractivity contribution in [2.24, 2.45) is 11.7 Å². The highest BCUT2D eigenvalue weighted by atomic mass is 19.4. The fraction of sp³-hybridized carbons (Fsp3) is 0.667. The Morgan fingerprint density at radius 1 is 1.29 bits per heavy atom. The Labute approximate surface area is 122 Å². The normalized spacial score (nSPS) is 31.4. The SMILES string of the molecule is CN1C2CCC1CC(C(N)c1cnccc1C(F)(F)F)C2. The zero-order valence-corrected chi connectivity index (χ0v) is 12.0. The van der Waals surface area contributed by atoms with E-state index in [0.29, 0.717) is 12.1 Å². The number of nitrogens with two attached hydrogens (primary N) is 1. The second-order valence-corrected chi connectivity index (χ2v) is 6.27. The number of aromatic nitrogens is 1. The quantitative estimate of drug-likeness (QED) is 0.913. The van der Waals surface area contributed by atoms with E-state index in [1.165, 1.54) is 12.4 Å². The summed E-state index contributed by atoms with van der Waals surface area (Å²) in [6.07, 6.45) is 2.10. The minimum atomic E-state index is -4.37. The molecule has 2 N–H and O–H groups in total. The number of hydrogen-bond acceptors (Lipinski definition) is 3. The number of alkyl halides is 3. The van der Waals surface area contributed by atoms with Gasteiger partial charge in [0.2, 0.25) is 0 Å². The van der Waals surface area contributed by atoms with Crippen molar-refractivity contribution in [3.8, 4) is 0 Å². The first-order valence-electron chi connectivity index (χ1n) is 7.36. The molecule has 116 valence electrons. The van der Waals surface area contributed by atoms with Crippen LogP contribution in [-0.4, -0.2) is 29.0 Å². The van der Waals surface area contributed by atoms with Crippen molar-refractivity contribution < 1.29 is 13.2 Å². The first-order valence-corrected chi connectivity index (χ1v) is 7.36. The summed E-state index contributed by atoms with van der Waals surface area (Å²) in [7, 11) is 2.11. The number of hydrogen-bond donors (Lipinski definition) is 1. The van der Waals surface area contributed by atoms with E-state index in [9.17, 15) is 13.2 Å². The molecule has 0 amide bonds. The van der Waals surface area contributed by atoms with Crippen molar-refractivity contribution in [2.45, 2.75) is 50.0 Å². The molecule has 3 heterocycles. The Bertz CT molecular complexity index is 503. The standard InChI is InChI=1S/C15H20F3N3/c1-21-10-2-3-11(21)7-9(6-10)14(19)12-8-20-5-4-13(12)15(16,17)18/h4-5,8-11,14H,2-3,6-7,19H2,1H3. The van der Waals surface area contributed by atoms with Gasteiger partial charge >= 0.3 is 6.18 Å². The van der Waals surface area contributed by atoms with Gasteiger partial charge in [0.15, 0.2) is 0 Å². The molecule has 2 fully saturated rings. The first-order chi connectivity index (χ1) is 9.88. The second-order valence-electron chi connectivity index (χ2n) is 6.27. The van der Waals surface area contributed by atoms with Gasteiger partial charge in [-0.3, -0.25) is 4.98 Å². The average molecular weight is 299 g/mol. The van der Waals surface area contributed by atoms with Gasteiger partial charge in [0.25, 0.3) is 0 Å². The molecule has 1 aromatic rings. The molecular formula is C15H20F3N3. The summed E-state index contributed by atoms with van der Waals surface area (Å²) in [6, 6.07) is 1.36. The monoisotopic (exact) mass is 299 g/mol. The Morgan fingerprint density at radius 3 is 2.48 bits per heavy atom. The van der Waals surface area contributed by atoms with E-state index in [1.54, 1.807) is 0 Å². The van der Waals surface area contributed by atoms with Crippen LogP contribution < -0.4 is 5.73 Å². The molecule has 0 radical (unpaired) electrons. The number of pyridine rings is 1. The zero-order valence-electron chi connectivity index (χ0n) is 12.0. The van der Waals surface area contributed by atoms with Crippen LogP contribution >= 0.6 is 0 Å². The van der Waals surface area contributed by atoms with Gasteiger partial charge in [-0.15, -0.1) is 0 Å². The molecule has 3 unspecified atom stereocenters. The van der Waals surface area contributed by atoms with Crippen molar-refractivity contribution in [1.82, 2.24) is 9.88 Å². The summed E-state index contributed by atoms with van der Waals surface area (Å²) in [5.41, 5.74) is 5.70. The molecular weight excluding hydrogens is 279 g/mol. The summed E-state index contributed by atoms with van der Waals surface area (Å²) in [5, 5.41) is 0. The van der Waals surface area contributed by atoms with Crippen molar-refractivity contribution in [1.29, 1.82) is 0 Å². The first kappa shape index (κ1) is 14.8. The van der Waals surface area contributed by atoms with Gasteiger partial charge in [0.05, 0.1) is 5.56 Å². The van der Waals surface area contributed by atoms with Crippen LogP contribution in [0.1, 0.15) is 42.9 Å². The van der Waals surface area contributed by atoms with Crippen LogP contribution in [-0.2, 0) is 6.18 Å². The molecule has 1 aromatic heterocycles. The molecule has 0 aliphatic carbocycles. The topological polar surface area (TPSA) is 42.1 Å². The Balaban J connectivity index is 1.85. The molecule has 3 rings (SSSR count). The maximum atomic E-state index is 13.1. The van der Waals surface area contributed by atoms with Crippen LogP contribution in [0.5, 0.6) is 0 Å². The van der Waals surface area contributed by atoms with Crippen LogP contribution in [0.4, 0.5) is 13.2 Å². The molecule has 3 nitrogen and oxygen atoms in total. The van der Waals surface area contributed by atoms with E-state index in [2.05, 4.69) is 16.9 Å². The summed E-state index contributed by atoms with van der Waals surface area (Å²) in [4.78, 5) is 6.21. The van der Waals surface area contributed by atoms with E-state index < -0.39 is 17.8 Å². The van der Waals surface area contributed by atoms with Crippen LogP contribution in [0.3, 0.4) is 0 Å². The minimum Gasteiger partial charge on any atom is -0.324 e. The summed E-state index contributed by atoms with van der Waals surface area (Å²) < 4.78 is 39.3. The van der Waals surface area contributed by atoms with Crippen LogP contribution in [0.15, 0.2) is 18.5 Å². The van der Waals surface area contributed by atoms with Gasteiger partial charge in [-0.25, -0.2) is 0 Å².